The van der Waals surface area contributed by atoms with E-state index >= 15 is 0 Å². The SMILES string of the molecule is C=Cc1cccc(C2=N[C@@H]([C@@H](CC)C(=O)OC)c3nnc(C)n3-c3sc(C)c(C)c32)c1. The van der Waals surface area contributed by atoms with Crippen LogP contribution in [-0.4, -0.2) is 33.6 Å². The van der Waals surface area contributed by atoms with Crippen molar-refractivity contribution in [1.82, 2.24) is 14.8 Å². The standard InChI is InChI=1S/C24H26N4O2S/c1-7-16-10-9-11-17(12-16)20-19-13(3)14(4)31-23(19)28-15(5)26-27-22(28)21(25-20)18(8-2)24(29)30-6/h7,9-12,18,21H,1,8H2,2-6H3/t18-,21+/m1/s1. The van der Waals surface area contributed by atoms with Gasteiger partial charge in [0.25, 0.3) is 0 Å². The van der Waals surface area contributed by atoms with Crippen molar-refractivity contribution in [2.45, 2.75) is 40.2 Å². The number of ether oxygens (including phenoxy) is 1. The van der Waals surface area contributed by atoms with E-state index in [9.17, 15) is 4.79 Å². The average molecular weight is 435 g/mol. The largest absolute Gasteiger partial charge is 0.469 e. The number of fused-ring (bicyclic) bond motifs is 3. The van der Waals surface area contributed by atoms with E-state index in [1.807, 2.05) is 32.1 Å². The van der Waals surface area contributed by atoms with Crippen molar-refractivity contribution in [2.24, 2.45) is 10.9 Å². The lowest BCUT2D eigenvalue weighted by Crippen LogP contribution is -2.24. The maximum Gasteiger partial charge on any atom is 0.311 e. The first-order valence-electron chi connectivity index (χ1n) is 10.3. The number of aryl methyl sites for hydroxylation is 2. The number of thiophene rings is 1. The maximum atomic E-state index is 12.7. The number of esters is 1. The van der Waals surface area contributed by atoms with Crippen molar-refractivity contribution in [2.75, 3.05) is 7.11 Å². The van der Waals surface area contributed by atoms with Gasteiger partial charge in [0.2, 0.25) is 0 Å². The van der Waals surface area contributed by atoms with Crippen LogP contribution in [0.1, 0.15) is 58.2 Å². The fourth-order valence-electron chi connectivity index (χ4n) is 4.10. The normalized spacial score (nSPS) is 16.0. The molecular formula is C24H26N4O2S. The van der Waals surface area contributed by atoms with Gasteiger partial charge in [-0.2, -0.15) is 0 Å². The van der Waals surface area contributed by atoms with Gasteiger partial charge in [-0.25, -0.2) is 0 Å². The van der Waals surface area contributed by atoms with E-state index < -0.39 is 12.0 Å². The van der Waals surface area contributed by atoms with E-state index in [2.05, 4.69) is 47.3 Å². The van der Waals surface area contributed by atoms with Crippen LogP contribution in [0.4, 0.5) is 0 Å². The van der Waals surface area contributed by atoms with Crippen molar-refractivity contribution in [3.8, 4) is 5.00 Å². The number of methoxy groups -OCH3 is 1. The second kappa shape index (κ2) is 8.23. The van der Waals surface area contributed by atoms with Crippen molar-refractivity contribution in [3.63, 3.8) is 0 Å². The lowest BCUT2D eigenvalue weighted by atomic mass is 9.95. The summed E-state index contributed by atoms with van der Waals surface area (Å²) in [5.74, 6) is 0.701. The van der Waals surface area contributed by atoms with Gasteiger partial charge >= 0.3 is 5.97 Å². The molecular weight excluding hydrogens is 408 g/mol. The second-order valence-electron chi connectivity index (χ2n) is 7.69. The molecule has 0 saturated carbocycles. The van der Waals surface area contributed by atoms with E-state index in [0.29, 0.717) is 12.2 Å². The first kappa shape index (κ1) is 21.2. The Balaban J connectivity index is 2.06. The number of carbonyl (C=O) groups is 1. The highest BCUT2D eigenvalue weighted by Crippen LogP contribution is 2.41. The number of hydrogen-bond donors (Lipinski definition) is 0. The molecule has 1 aliphatic rings. The quantitative estimate of drug-likeness (QED) is 0.531. The van der Waals surface area contributed by atoms with E-state index in [0.717, 1.165) is 33.2 Å². The van der Waals surface area contributed by atoms with Crippen LogP contribution in [0.3, 0.4) is 0 Å². The molecule has 1 aromatic carbocycles. The van der Waals surface area contributed by atoms with E-state index in [1.54, 1.807) is 11.3 Å². The molecule has 0 saturated heterocycles. The van der Waals surface area contributed by atoms with Crippen LogP contribution < -0.4 is 0 Å². The third kappa shape index (κ3) is 3.43. The third-order valence-corrected chi connectivity index (χ3v) is 7.10. The van der Waals surface area contributed by atoms with Crippen molar-refractivity contribution in [1.29, 1.82) is 0 Å². The highest BCUT2D eigenvalue weighted by atomic mass is 32.1. The highest BCUT2D eigenvalue weighted by molar-refractivity contribution is 7.15. The molecule has 0 aliphatic carbocycles. The van der Waals surface area contributed by atoms with E-state index in [4.69, 9.17) is 9.73 Å². The minimum absolute atomic E-state index is 0.291. The molecule has 160 valence electrons. The molecule has 1 aliphatic heterocycles. The van der Waals surface area contributed by atoms with Gasteiger partial charge < -0.3 is 4.74 Å². The summed E-state index contributed by atoms with van der Waals surface area (Å²) in [5, 5.41) is 9.85. The Morgan fingerprint density at radius 3 is 2.77 bits per heavy atom. The number of nitrogens with zero attached hydrogens (tertiary/aromatic N) is 4. The predicted octanol–water partition coefficient (Wildman–Crippen LogP) is 4.99. The van der Waals surface area contributed by atoms with Crippen LogP contribution in [0.5, 0.6) is 0 Å². The van der Waals surface area contributed by atoms with Crippen LogP contribution in [0, 0.1) is 26.7 Å². The Labute approximate surface area is 186 Å². The summed E-state index contributed by atoms with van der Waals surface area (Å²) in [5.41, 5.74) is 5.10. The smallest absolute Gasteiger partial charge is 0.311 e. The average Bonchev–Trinajstić information content (AvgIpc) is 3.25. The summed E-state index contributed by atoms with van der Waals surface area (Å²) in [4.78, 5) is 19.1. The number of hydrogen-bond acceptors (Lipinski definition) is 6. The Morgan fingerprint density at radius 2 is 2.10 bits per heavy atom. The summed E-state index contributed by atoms with van der Waals surface area (Å²) in [6.07, 6.45) is 2.41. The maximum absolute atomic E-state index is 12.7. The van der Waals surface area contributed by atoms with Crippen LogP contribution in [-0.2, 0) is 9.53 Å². The summed E-state index contributed by atoms with van der Waals surface area (Å²) < 4.78 is 7.18. The lowest BCUT2D eigenvalue weighted by Gasteiger charge is -2.20. The Kier molecular flexibility index (Phi) is 5.62. The molecule has 3 heterocycles. The van der Waals surface area contributed by atoms with Crippen LogP contribution >= 0.6 is 11.3 Å². The van der Waals surface area contributed by atoms with Crippen LogP contribution in [0.25, 0.3) is 11.1 Å². The molecule has 0 spiro atoms. The molecule has 4 rings (SSSR count). The Bertz CT molecular complexity index is 1200. The van der Waals surface area contributed by atoms with Gasteiger partial charge in [0.05, 0.1) is 18.7 Å². The fourth-order valence-corrected chi connectivity index (χ4v) is 5.31. The van der Waals surface area contributed by atoms with Gasteiger partial charge in [-0.05, 0) is 44.4 Å². The zero-order chi connectivity index (χ0) is 22.3. The molecule has 6 nitrogen and oxygen atoms in total. The minimum Gasteiger partial charge on any atom is -0.469 e. The number of aliphatic imine (C=N–C) groups is 1. The second-order valence-corrected chi connectivity index (χ2v) is 8.90. The molecule has 0 radical (unpaired) electrons. The molecule has 2 atom stereocenters. The molecule has 0 bridgehead atoms. The summed E-state index contributed by atoms with van der Waals surface area (Å²) in [6.45, 7) is 12.0. The van der Waals surface area contributed by atoms with E-state index in [-0.39, 0.29) is 5.97 Å². The molecule has 2 aromatic heterocycles. The van der Waals surface area contributed by atoms with Crippen LogP contribution in [0.15, 0.2) is 35.8 Å². The molecule has 0 amide bonds. The monoisotopic (exact) mass is 434 g/mol. The summed E-state index contributed by atoms with van der Waals surface area (Å²) in [6, 6.07) is 7.65. The number of rotatable bonds is 5. The van der Waals surface area contributed by atoms with Gasteiger partial charge in [-0.3, -0.25) is 14.4 Å². The van der Waals surface area contributed by atoms with Crippen molar-refractivity contribution >= 4 is 29.1 Å². The first-order chi connectivity index (χ1) is 14.9. The van der Waals surface area contributed by atoms with Crippen molar-refractivity contribution < 1.29 is 9.53 Å². The highest BCUT2D eigenvalue weighted by Gasteiger charge is 2.38. The van der Waals surface area contributed by atoms with Crippen LogP contribution in [0.2, 0.25) is 0 Å². The van der Waals surface area contributed by atoms with Gasteiger partial charge in [0.1, 0.15) is 16.9 Å². The molecule has 7 heteroatoms. The van der Waals surface area contributed by atoms with Gasteiger partial charge in [-0.1, -0.05) is 37.8 Å². The summed E-state index contributed by atoms with van der Waals surface area (Å²) >= 11 is 1.70. The number of carbonyl (C=O) groups excluding carboxylic acids is 1. The summed E-state index contributed by atoms with van der Waals surface area (Å²) in [7, 11) is 1.42. The molecule has 0 unspecified atom stereocenters. The molecule has 3 aromatic rings. The van der Waals surface area contributed by atoms with Crippen molar-refractivity contribution in [3.05, 3.63) is 69.6 Å². The third-order valence-electron chi connectivity index (χ3n) is 5.91. The Morgan fingerprint density at radius 1 is 1.32 bits per heavy atom. The topological polar surface area (TPSA) is 69.4 Å². The number of benzene rings is 1. The number of aromatic nitrogens is 3. The minimum atomic E-state index is -0.500. The van der Waals surface area contributed by atoms with Gasteiger partial charge in [0, 0.05) is 16.0 Å². The first-order valence-corrected chi connectivity index (χ1v) is 11.1. The molecule has 31 heavy (non-hydrogen) atoms. The molecule has 0 fully saturated rings. The fraction of sp³-hybridized carbons (Fsp3) is 0.333. The zero-order valence-corrected chi connectivity index (χ0v) is 19.3. The van der Waals surface area contributed by atoms with E-state index in [1.165, 1.54) is 17.6 Å². The molecule has 0 N–H and O–H groups in total. The Hall–Kier alpha value is -3.06. The predicted molar refractivity (Wildman–Crippen MR) is 124 cm³/mol. The zero-order valence-electron chi connectivity index (χ0n) is 18.5. The van der Waals surface area contributed by atoms with Gasteiger partial charge in [-0.15, -0.1) is 21.5 Å². The van der Waals surface area contributed by atoms with Gasteiger partial charge in [0.15, 0.2) is 5.82 Å². The lowest BCUT2D eigenvalue weighted by molar-refractivity contribution is -0.146.